The molecule has 0 N–H and O–H groups in total. The standard InChI is InChI=1S/C12H24.ClH/c1-3-5-7-9-11-12-10-8-6-4-2;/h7,9H,3-6,8,10-12H2,1-2H3;1H. The number of unbranched alkanes of at least 4 members (excludes halogenated alkanes) is 6. The topological polar surface area (TPSA) is 0 Å². The van der Waals surface area contributed by atoms with E-state index < -0.39 is 0 Å². The van der Waals surface area contributed by atoms with Crippen LogP contribution in [0.3, 0.4) is 0 Å². The van der Waals surface area contributed by atoms with Crippen LogP contribution in [0.5, 0.6) is 0 Å². The van der Waals surface area contributed by atoms with Crippen molar-refractivity contribution >= 4 is 12.4 Å². The molecule has 0 aliphatic heterocycles. The maximum atomic E-state index is 2.34. The van der Waals surface area contributed by atoms with Gasteiger partial charge in [0.1, 0.15) is 0 Å². The molecule has 80 valence electrons. The van der Waals surface area contributed by atoms with Crippen molar-refractivity contribution in [2.45, 2.75) is 65.2 Å². The lowest BCUT2D eigenvalue weighted by Crippen LogP contribution is -1.75. The van der Waals surface area contributed by atoms with Gasteiger partial charge in [-0.15, -0.1) is 12.4 Å². The van der Waals surface area contributed by atoms with Crippen LogP contribution in [-0.2, 0) is 0 Å². The molecule has 0 aromatic carbocycles. The minimum Gasteiger partial charge on any atom is -0.147 e. The Bertz CT molecular complexity index is 97.3. The number of allylic oxidation sites excluding steroid dienone is 2. The molecule has 0 aliphatic carbocycles. The van der Waals surface area contributed by atoms with Gasteiger partial charge in [-0.3, -0.25) is 0 Å². The lowest BCUT2D eigenvalue weighted by molar-refractivity contribution is 0.637. The van der Waals surface area contributed by atoms with E-state index in [0.29, 0.717) is 0 Å². The van der Waals surface area contributed by atoms with Crippen LogP contribution >= 0.6 is 12.4 Å². The molecule has 0 atom stereocenters. The van der Waals surface area contributed by atoms with E-state index in [9.17, 15) is 0 Å². The van der Waals surface area contributed by atoms with Gasteiger partial charge < -0.3 is 0 Å². The third-order valence-corrected chi connectivity index (χ3v) is 2.10. The highest BCUT2D eigenvalue weighted by Crippen LogP contribution is 2.05. The predicted molar refractivity (Wildman–Crippen MR) is 64.7 cm³/mol. The van der Waals surface area contributed by atoms with Crippen LogP contribution in [-0.4, -0.2) is 0 Å². The summed E-state index contributed by atoms with van der Waals surface area (Å²) < 4.78 is 0. The number of rotatable bonds is 8. The molecular weight excluding hydrogens is 180 g/mol. The van der Waals surface area contributed by atoms with Crippen LogP contribution in [0.4, 0.5) is 0 Å². The zero-order chi connectivity index (χ0) is 9.07. The van der Waals surface area contributed by atoms with Gasteiger partial charge in [0.25, 0.3) is 0 Å². The minimum absolute atomic E-state index is 0. The second-order valence-electron chi connectivity index (χ2n) is 3.46. The molecule has 0 nitrogen and oxygen atoms in total. The molecule has 0 saturated carbocycles. The smallest absolute Gasteiger partial charge is 0.0351 e. The van der Waals surface area contributed by atoms with Crippen molar-refractivity contribution in [3.05, 3.63) is 12.2 Å². The van der Waals surface area contributed by atoms with Gasteiger partial charge >= 0.3 is 0 Å². The van der Waals surface area contributed by atoms with Gasteiger partial charge in [-0.05, 0) is 19.3 Å². The van der Waals surface area contributed by atoms with Gasteiger partial charge in [0.05, 0.1) is 0 Å². The third-order valence-electron chi connectivity index (χ3n) is 2.10. The normalized spacial score (nSPS) is 10.3. The Morgan fingerprint density at radius 2 is 1.31 bits per heavy atom. The van der Waals surface area contributed by atoms with Crippen molar-refractivity contribution in [1.29, 1.82) is 0 Å². The Kier molecular flexibility index (Phi) is 17.3. The van der Waals surface area contributed by atoms with Crippen molar-refractivity contribution < 1.29 is 0 Å². The van der Waals surface area contributed by atoms with E-state index in [1.807, 2.05) is 0 Å². The molecular formula is C12H25Cl. The predicted octanol–water partition coefficient (Wildman–Crippen LogP) is 5.13. The van der Waals surface area contributed by atoms with E-state index in [1.165, 1.54) is 51.4 Å². The quantitative estimate of drug-likeness (QED) is 0.380. The number of hydrogen-bond acceptors (Lipinski definition) is 0. The summed E-state index contributed by atoms with van der Waals surface area (Å²) in [5, 5.41) is 0. The van der Waals surface area contributed by atoms with E-state index in [1.54, 1.807) is 0 Å². The van der Waals surface area contributed by atoms with E-state index in [0.717, 1.165) is 0 Å². The Balaban J connectivity index is 0. The van der Waals surface area contributed by atoms with Gasteiger partial charge in [-0.2, -0.15) is 0 Å². The van der Waals surface area contributed by atoms with Crippen molar-refractivity contribution in [1.82, 2.24) is 0 Å². The summed E-state index contributed by atoms with van der Waals surface area (Å²) >= 11 is 0. The third kappa shape index (κ3) is 14.8. The summed E-state index contributed by atoms with van der Waals surface area (Å²) in [6, 6.07) is 0. The molecule has 0 rings (SSSR count). The number of halogens is 1. The summed E-state index contributed by atoms with van der Waals surface area (Å²) in [6.45, 7) is 4.49. The highest BCUT2D eigenvalue weighted by molar-refractivity contribution is 5.85. The van der Waals surface area contributed by atoms with Gasteiger partial charge in [-0.25, -0.2) is 0 Å². The molecule has 1 heteroatoms. The average molecular weight is 205 g/mol. The summed E-state index contributed by atoms with van der Waals surface area (Å²) in [6.07, 6.45) is 15.5. The van der Waals surface area contributed by atoms with E-state index in [2.05, 4.69) is 26.0 Å². The monoisotopic (exact) mass is 204 g/mol. The van der Waals surface area contributed by atoms with Crippen LogP contribution in [0.25, 0.3) is 0 Å². The Labute approximate surface area is 90.2 Å². The molecule has 0 amide bonds. The highest BCUT2D eigenvalue weighted by Gasteiger charge is 1.85. The highest BCUT2D eigenvalue weighted by atomic mass is 35.5. The largest absolute Gasteiger partial charge is 0.147 e. The zero-order valence-electron chi connectivity index (χ0n) is 9.22. The average Bonchev–Trinajstić information content (AvgIpc) is 2.10. The molecule has 0 spiro atoms. The molecule has 13 heavy (non-hydrogen) atoms. The first-order valence-electron chi connectivity index (χ1n) is 5.56. The molecule has 0 radical (unpaired) electrons. The molecule has 0 aliphatic rings. The molecule has 0 aromatic heterocycles. The Hall–Kier alpha value is 0.0300. The van der Waals surface area contributed by atoms with Crippen LogP contribution < -0.4 is 0 Å². The van der Waals surface area contributed by atoms with Gasteiger partial charge in [-0.1, -0.05) is 58.1 Å². The maximum Gasteiger partial charge on any atom is -0.0351 e. The van der Waals surface area contributed by atoms with Crippen molar-refractivity contribution in [2.75, 3.05) is 0 Å². The van der Waals surface area contributed by atoms with Crippen molar-refractivity contribution in [3.63, 3.8) is 0 Å². The van der Waals surface area contributed by atoms with Gasteiger partial charge in [0.15, 0.2) is 0 Å². The fourth-order valence-corrected chi connectivity index (χ4v) is 1.27. The molecule has 0 fully saturated rings. The summed E-state index contributed by atoms with van der Waals surface area (Å²) in [5.74, 6) is 0. The van der Waals surface area contributed by atoms with E-state index >= 15 is 0 Å². The first kappa shape index (κ1) is 15.5. The van der Waals surface area contributed by atoms with Crippen LogP contribution in [0.2, 0.25) is 0 Å². The molecule has 0 bridgehead atoms. The van der Waals surface area contributed by atoms with Crippen LogP contribution in [0, 0.1) is 0 Å². The van der Waals surface area contributed by atoms with E-state index in [-0.39, 0.29) is 12.4 Å². The molecule has 0 heterocycles. The second kappa shape index (κ2) is 14.5. The molecule has 0 saturated heterocycles. The first-order chi connectivity index (χ1) is 5.91. The number of hydrogen-bond donors (Lipinski definition) is 0. The second-order valence-corrected chi connectivity index (χ2v) is 3.46. The van der Waals surface area contributed by atoms with E-state index in [4.69, 9.17) is 0 Å². The van der Waals surface area contributed by atoms with Crippen LogP contribution in [0.1, 0.15) is 65.2 Å². The fourth-order valence-electron chi connectivity index (χ4n) is 1.27. The fraction of sp³-hybridized carbons (Fsp3) is 0.833. The van der Waals surface area contributed by atoms with Crippen molar-refractivity contribution in [3.8, 4) is 0 Å². The summed E-state index contributed by atoms with van der Waals surface area (Å²) in [5.41, 5.74) is 0. The molecule has 0 aromatic rings. The Morgan fingerprint density at radius 1 is 0.692 bits per heavy atom. The van der Waals surface area contributed by atoms with Gasteiger partial charge in [0.2, 0.25) is 0 Å². The summed E-state index contributed by atoms with van der Waals surface area (Å²) in [4.78, 5) is 0. The minimum atomic E-state index is 0. The summed E-state index contributed by atoms with van der Waals surface area (Å²) in [7, 11) is 0. The molecule has 0 unspecified atom stereocenters. The lowest BCUT2D eigenvalue weighted by atomic mass is 10.1. The van der Waals surface area contributed by atoms with Gasteiger partial charge in [0, 0.05) is 0 Å². The maximum absolute atomic E-state index is 2.34. The lowest BCUT2D eigenvalue weighted by Gasteiger charge is -1.95. The van der Waals surface area contributed by atoms with Crippen molar-refractivity contribution in [2.24, 2.45) is 0 Å². The first-order valence-corrected chi connectivity index (χ1v) is 5.56. The SMILES string of the molecule is CCCC=CCCCCCCC.Cl. The van der Waals surface area contributed by atoms with Crippen LogP contribution in [0.15, 0.2) is 12.2 Å². The Morgan fingerprint density at radius 3 is 1.92 bits per heavy atom. The zero-order valence-corrected chi connectivity index (χ0v) is 10.0.